The van der Waals surface area contributed by atoms with Gasteiger partial charge in [0.15, 0.2) is 0 Å². The molecule has 0 saturated carbocycles. The molecule has 2 aromatic rings. The van der Waals surface area contributed by atoms with Crippen LogP contribution >= 0.6 is 0 Å². The van der Waals surface area contributed by atoms with Crippen LogP contribution in [0.25, 0.3) is 11.4 Å². The summed E-state index contributed by atoms with van der Waals surface area (Å²) in [6.07, 6.45) is 3.73. The minimum atomic E-state index is 0. The number of imidazole rings is 1. The molecule has 0 aliphatic rings. The molecule has 0 unspecified atom stereocenters. The largest absolute Gasteiger partial charge is 0.416 e. The van der Waals surface area contributed by atoms with Gasteiger partial charge in [-0.1, -0.05) is 0 Å². The van der Waals surface area contributed by atoms with Crippen molar-refractivity contribution >= 4 is 5.69 Å². The van der Waals surface area contributed by atoms with Crippen molar-refractivity contribution in [2.75, 3.05) is 19.0 Å². The quantitative estimate of drug-likeness (QED) is 0.729. The van der Waals surface area contributed by atoms with Gasteiger partial charge in [-0.15, -0.1) is 29.8 Å². The first-order valence-corrected chi connectivity index (χ1v) is 4.85. The van der Waals surface area contributed by atoms with Crippen LogP contribution in [-0.4, -0.2) is 23.6 Å². The van der Waals surface area contributed by atoms with Crippen molar-refractivity contribution in [1.29, 1.82) is 0 Å². The molecule has 1 aromatic carbocycles. The first kappa shape index (κ1) is 12.9. The van der Waals surface area contributed by atoms with E-state index >= 15 is 0 Å². The number of anilines is 1. The zero-order valence-electron chi connectivity index (χ0n) is 9.56. The Morgan fingerprint density at radius 2 is 2.06 bits per heavy atom. The van der Waals surface area contributed by atoms with Gasteiger partial charge in [0.1, 0.15) is 0 Å². The Kier molecular flexibility index (Phi) is 4.27. The third-order valence-electron chi connectivity index (χ3n) is 2.37. The van der Waals surface area contributed by atoms with Gasteiger partial charge in [0, 0.05) is 39.5 Å². The summed E-state index contributed by atoms with van der Waals surface area (Å²) in [5.41, 5.74) is 2.17. The molecule has 0 fully saturated rings. The molecule has 0 amide bonds. The normalized spacial score (nSPS) is 9.69. The van der Waals surface area contributed by atoms with E-state index in [0.717, 1.165) is 17.1 Å². The van der Waals surface area contributed by atoms with Gasteiger partial charge in [-0.05, 0) is 19.8 Å². The van der Waals surface area contributed by atoms with E-state index in [9.17, 15) is 0 Å². The topological polar surface area (TPSA) is 21.1 Å². The molecule has 4 heteroatoms. The molecule has 1 heterocycles. The molecule has 0 aliphatic carbocycles. The molecular weight excluding hydrogens is 378 g/mol. The summed E-state index contributed by atoms with van der Waals surface area (Å²) in [6.45, 7) is 0. The van der Waals surface area contributed by atoms with Crippen molar-refractivity contribution in [3.8, 4) is 11.4 Å². The monoisotopic (exact) mass is 393 g/mol. The van der Waals surface area contributed by atoms with Crippen LogP contribution in [0, 0.1) is 6.07 Å². The average molecular weight is 392 g/mol. The van der Waals surface area contributed by atoms with Crippen molar-refractivity contribution in [2.24, 2.45) is 7.05 Å². The first-order chi connectivity index (χ1) is 7.18. The van der Waals surface area contributed by atoms with Gasteiger partial charge in [-0.25, -0.2) is 0 Å². The van der Waals surface area contributed by atoms with Crippen LogP contribution in [0.4, 0.5) is 5.69 Å². The van der Waals surface area contributed by atoms with E-state index in [0.29, 0.717) is 0 Å². The summed E-state index contributed by atoms with van der Waals surface area (Å²) < 4.78 is 1.99. The van der Waals surface area contributed by atoms with Gasteiger partial charge < -0.3 is 9.47 Å². The Bertz CT molecular complexity index is 446. The van der Waals surface area contributed by atoms with Gasteiger partial charge >= 0.3 is 0 Å². The maximum Gasteiger partial charge on any atom is 0.0555 e. The van der Waals surface area contributed by atoms with Gasteiger partial charge in [0.2, 0.25) is 0 Å². The third-order valence-corrected chi connectivity index (χ3v) is 2.37. The van der Waals surface area contributed by atoms with Crippen molar-refractivity contribution in [2.45, 2.75) is 0 Å². The second-order valence-electron chi connectivity index (χ2n) is 3.72. The fourth-order valence-corrected chi connectivity index (χ4v) is 1.46. The molecule has 2 rings (SSSR count). The zero-order chi connectivity index (χ0) is 10.8. The second-order valence-corrected chi connectivity index (χ2v) is 3.72. The average Bonchev–Trinajstić information content (AvgIpc) is 2.65. The van der Waals surface area contributed by atoms with Crippen molar-refractivity contribution in [1.82, 2.24) is 9.55 Å². The molecule has 3 nitrogen and oxygen atoms in total. The summed E-state index contributed by atoms with van der Waals surface area (Å²) in [4.78, 5) is 6.33. The van der Waals surface area contributed by atoms with E-state index in [-0.39, 0.29) is 20.1 Å². The summed E-state index contributed by atoms with van der Waals surface area (Å²) in [5.74, 6) is 0.945. The van der Waals surface area contributed by atoms with Crippen LogP contribution in [0.5, 0.6) is 0 Å². The SMILES string of the molecule is CN(C)c1c[c-]c(-c2nccn2C)cc1.[Ir]. The number of benzene rings is 1. The van der Waals surface area contributed by atoms with E-state index in [4.69, 9.17) is 0 Å². The van der Waals surface area contributed by atoms with Crippen molar-refractivity contribution < 1.29 is 20.1 Å². The van der Waals surface area contributed by atoms with E-state index in [1.165, 1.54) is 0 Å². The number of hydrogen-bond acceptors (Lipinski definition) is 2. The maximum atomic E-state index is 4.28. The van der Waals surface area contributed by atoms with E-state index < -0.39 is 0 Å². The van der Waals surface area contributed by atoms with E-state index in [1.807, 2.05) is 44.0 Å². The number of aromatic nitrogens is 2. The second kappa shape index (κ2) is 5.28. The van der Waals surface area contributed by atoms with Gasteiger partial charge in [-0.3, -0.25) is 4.98 Å². The smallest absolute Gasteiger partial charge is 0.0555 e. The van der Waals surface area contributed by atoms with Crippen LogP contribution < -0.4 is 4.90 Å². The van der Waals surface area contributed by atoms with E-state index in [1.54, 1.807) is 6.20 Å². The number of aryl methyl sites for hydroxylation is 1. The third kappa shape index (κ3) is 2.52. The van der Waals surface area contributed by atoms with Crippen molar-refractivity contribution in [3.63, 3.8) is 0 Å². The molecule has 1 radical (unpaired) electrons. The van der Waals surface area contributed by atoms with Crippen LogP contribution in [0.2, 0.25) is 0 Å². The molecule has 0 spiro atoms. The van der Waals surface area contributed by atoms with Crippen LogP contribution in [0.15, 0.2) is 30.6 Å². The van der Waals surface area contributed by atoms with Gasteiger partial charge in [0.25, 0.3) is 0 Å². The molecule has 0 saturated heterocycles. The Hall–Kier alpha value is -1.12. The molecule has 1 aromatic heterocycles. The first-order valence-electron chi connectivity index (χ1n) is 4.85. The van der Waals surface area contributed by atoms with Crippen LogP contribution in [-0.2, 0) is 27.2 Å². The fourth-order valence-electron chi connectivity index (χ4n) is 1.46. The minimum absolute atomic E-state index is 0. The summed E-state index contributed by atoms with van der Waals surface area (Å²) in [5, 5.41) is 0. The maximum absolute atomic E-state index is 4.28. The molecule has 87 valence electrons. The standard InChI is InChI=1S/C12H14N3.Ir/c1-14(2)11-6-4-10(5-7-11)12-13-8-9-15(12)3;/h4,6-9H,1-3H3;/q-1;. The predicted octanol–water partition coefficient (Wildman–Crippen LogP) is 1.95. The van der Waals surface area contributed by atoms with Gasteiger partial charge in [-0.2, -0.15) is 0 Å². The fraction of sp³-hybridized carbons (Fsp3) is 0.250. The van der Waals surface area contributed by atoms with Crippen LogP contribution in [0.1, 0.15) is 0 Å². The Balaban J connectivity index is 0.00000128. The predicted molar refractivity (Wildman–Crippen MR) is 61.8 cm³/mol. The molecule has 0 aliphatic heterocycles. The van der Waals surface area contributed by atoms with Gasteiger partial charge in [0.05, 0.1) is 5.82 Å². The molecule has 0 atom stereocenters. The zero-order valence-corrected chi connectivity index (χ0v) is 12.0. The molecule has 0 N–H and O–H groups in total. The summed E-state index contributed by atoms with van der Waals surface area (Å²) in [6, 6.07) is 9.32. The Morgan fingerprint density at radius 3 is 2.50 bits per heavy atom. The molecular formula is C12H14IrN3-. The Morgan fingerprint density at radius 1 is 1.31 bits per heavy atom. The van der Waals surface area contributed by atoms with E-state index in [2.05, 4.69) is 22.0 Å². The molecule has 16 heavy (non-hydrogen) atoms. The number of nitrogens with zero attached hydrogens (tertiary/aromatic N) is 3. The number of rotatable bonds is 2. The summed E-state index contributed by atoms with van der Waals surface area (Å²) in [7, 11) is 6.02. The Labute approximate surface area is 109 Å². The van der Waals surface area contributed by atoms with Crippen molar-refractivity contribution in [3.05, 3.63) is 36.7 Å². The minimum Gasteiger partial charge on any atom is -0.416 e. The number of hydrogen-bond donors (Lipinski definition) is 0. The molecule has 0 bridgehead atoms. The van der Waals surface area contributed by atoms with Crippen LogP contribution in [0.3, 0.4) is 0 Å². The summed E-state index contributed by atoms with van der Waals surface area (Å²) >= 11 is 0.